The molecular formula is C14H28NO7P. The predicted molar refractivity (Wildman–Crippen MR) is 85.0 cm³/mol. The minimum absolute atomic E-state index is 0.0211. The summed E-state index contributed by atoms with van der Waals surface area (Å²) < 4.78 is 22.0. The van der Waals surface area contributed by atoms with Crippen LogP contribution in [0.25, 0.3) is 0 Å². The number of hydrogen-bond donors (Lipinski definition) is 3. The van der Waals surface area contributed by atoms with Gasteiger partial charge in [-0.15, -0.1) is 0 Å². The van der Waals surface area contributed by atoms with Crippen molar-refractivity contribution in [3.05, 3.63) is 0 Å². The molecule has 1 atom stereocenters. The molecule has 0 rings (SSSR count). The molecule has 3 N–H and O–H groups in total. The highest BCUT2D eigenvalue weighted by atomic mass is 31.2. The summed E-state index contributed by atoms with van der Waals surface area (Å²) >= 11 is 0. The van der Waals surface area contributed by atoms with E-state index in [-0.39, 0.29) is 13.2 Å². The number of carbonyl (C=O) groups is 2. The van der Waals surface area contributed by atoms with Crippen molar-refractivity contribution >= 4 is 19.7 Å². The van der Waals surface area contributed by atoms with Crippen LogP contribution in [0.1, 0.15) is 41.5 Å². The van der Waals surface area contributed by atoms with Gasteiger partial charge in [0, 0.05) is 0 Å². The molecular weight excluding hydrogens is 325 g/mol. The Morgan fingerprint density at radius 1 is 1.04 bits per heavy atom. The van der Waals surface area contributed by atoms with Crippen LogP contribution in [0.3, 0.4) is 0 Å². The SMILES string of the molecule is CCOC(=O)NC(C(=O)OCC)C(C(C)C)(C(C)C)P(=O)(O)O. The molecule has 0 aromatic carbocycles. The number of hydrogen-bond acceptors (Lipinski definition) is 5. The lowest BCUT2D eigenvalue weighted by Gasteiger charge is -2.45. The first kappa shape index (κ1) is 21.9. The molecule has 8 nitrogen and oxygen atoms in total. The molecule has 0 heterocycles. The fourth-order valence-corrected chi connectivity index (χ4v) is 4.91. The van der Waals surface area contributed by atoms with E-state index >= 15 is 0 Å². The highest BCUT2D eigenvalue weighted by Gasteiger charge is 2.60. The normalized spacial score (nSPS) is 13.8. The fraction of sp³-hybridized carbons (Fsp3) is 0.857. The monoisotopic (exact) mass is 353 g/mol. The highest BCUT2D eigenvalue weighted by molar-refractivity contribution is 7.53. The lowest BCUT2D eigenvalue weighted by Crippen LogP contribution is -2.62. The Bertz CT molecular complexity index is 450. The Balaban J connectivity index is 6.15. The molecule has 0 aromatic rings. The minimum Gasteiger partial charge on any atom is -0.464 e. The average molecular weight is 353 g/mol. The number of alkyl carbamates (subject to hydrolysis) is 1. The van der Waals surface area contributed by atoms with Gasteiger partial charge >= 0.3 is 19.7 Å². The number of ether oxygens (including phenoxy) is 2. The Morgan fingerprint density at radius 3 is 1.78 bits per heavy atom. The Labute approximate surface area is 137 Å². The van der Waals surface area contributed by atoms with Gasteiger partial charge in [-0.1, -0.05) is 27.7 Å². The number of esters is 1. The van der Waals surface area contributed by atoms with E-state index in [1.54, 1.807) is 41.5 Å². The summed E-state index contributed by atoms with van der Waals surface area (Å²) in [5.41, 5.74) is 0. The second-order valence-corrected chi connectivity index (χ2v) is 7.65. The standard InChI is InChI=1S/C14H28NO7P/c1-7-21-12(16)11(15-13(17)22-8-2)14(9(3)4,10(5)6)23(18,19)20/h9-11H,7-8H2,1-6H3,(H,15,17)(H2,18,19,20). The van der Waals surface area contributed by atoms with Gasteiger partial charge in [0.15, 0.2) is 0 Å². The molecule has 0 aromatic heterocycles. The molecule has 136 valence electrons. The lowest BCUT2D eigenvalue weighted by molar-refractivity contribution is -0.147. The first-order valence-corrected chi connectivity index (χ1v) is 9.23. The van der Waals surface area contributed by atoms with Crippen LogP contribution >= 0.6 is 7.60 Å². The van der Waals surface area contributed by atoms with Crippen LogP contribution < -0.4 is 5.32 Å². The Morgan fingerprint density at radius 2 is 1.48 bits per heavy atom. The fourth-order valence-electron chi connectivity index (χ4n) is 3.05. The largest absolute Gasteiger partial charge is 0.464 e. The molecule has 0 radical (unpaired) electrons. The van der Waals surface area contributed by atoms with Gasteiger partial charge in [0.2, 0.25) is 0 Å². The molecule has 1 amide bonds. The maximum atomic E-state index is 12.3. The van der Waals surface area contributed by atoms with E-state index in [1.165, 1.54) is 0 Å². The van der Waals surface area contributed by atoms with E-state index < -0.39 is 42.7 Å². The molecule has 0 aliphatic heterocycles. The first-order valence-electron chi connectivity index (χ1n) is 7.62. The van der Waals surface area contributed by atoms with Crippen LogP contribution in [0.2, 0.25) is 0 Å². The molecule has 0 fully saturated rings. The van der Waals surface area contributed by atoms with Crippen LogP contribution in [0.15, 0.2) is 0 Å². The number of rotatable bonds is 8. The quantitative estimate of drug-likeness (QED) is 0.450. The number of amides is 1. The van der Waals surface area contributed by atoms with Crippen LogP contribution in [0.5, 0.6) is 0 Å². The van der Waals surface area contributed by atoms with Crippen molar-refractivity contribution in [3.63, 3.8) is 0 Å². The first-order chi connectivity index (χ1) is 10.5. The van der Waals surface area contributed by atoms with Crippen molar-refractivity contribution in [2.45, 2.75) is 52.7 Å². The van der Waals surface area contributed by atoms with Crippen molar-refractivity contribution in [2.75, 3.05) is 13.2 Å². The maximum Gasteiger partial charge on any atom is 0.407 e. The smallest absolute Gasteiger partial charge is 0.407 e. The van der Waals surface area contributed by atoms with Gasteiger partial charge in [0.1, 0.15) is 11.2 Å². The number of nitrogens with one attached hydrogen (secondary N) is 1. The van der Waals surface area contributed by atoms with Gasteiger partial charge < -0.3 is 24.6 Å². The van der Waals surface area contributed by atoms with Gasteiger partial charge in [0.25, 0.3) is 0 Å². The summed E-state index contributed by atoms with van der Waals surface area (Å²) in [5.74, 6) is -2.12. The zero-order chi connectivity index (χ0) is 18.4. The van der Waals surface area contributed by atoms with E-state index in [0.29, 0.717) is 0 Å². The number of carbonyl (C=O) groups excluding carboxylic acids is 2. The molecule has 0 saturated heterocycles. The lowest BCUT2D eigenvalue weighted by atomic mass is 9.78. The highest BCUT2D eigenvalue weighted by Crippen LogP contribution is 2.60. The molecule has 0 saturated carbocycles. The molecule has 0 aliphatic carbocycles. The minimum atomic E-state index is -4.80. The predicted octanol–water partition coefficient (Wildman–Crippen LogP) is 1.89. The Kier molecular flexibility index (Phi) is 8.24. The van der Waals surface area contributed by atoms with E-state index in [1.807, 2.05) is 0 Å². The van der Waals surface area contributed by atoms with Crippen LogP contribution in [0, 0.1) is 11.8 Å². The topological polar surface area (TPSA) is 122 Å². The summed E-state index contributed by atoms with van der Waals surface area (Å²) in [5, 5.41) is 0.471. The summed E-state index contributed by atoms with van der Waals surface area (Å²) in [4.78, 5) is 44.2. The third-order valence-electron chi connectivity index (χ3n) is 3.88. The van der Waals surface area contributed by atoms with Gasteiger partial charge in [0.05, 0.1) is 13.2 Å². The van der Waals surface area contributed by atoms with Gasteiger partial charge in [-0.3, -0.25) is 4.57 Å². The van der Waals surface area contributed by atoms with Crippen molar-refractivity contribution in [1.29, 1.82) is 0 Å². The second kappa shape index (κ2) is 8.66. The third-order valence-corrected chi connectivity index (χ3v) is 6.18. The molecule has 23 heavy (non-hydrogen) atoms. The maximum absolute atomic E-state index is 12.3. The molecule has 9 heteroatoms. The van der Waals surface area contributed by atoms with Gasteiger partial charge in [-0.05, 0) is 25.7 Å². The zero-order valence-electron chi connectivity index (χ0n) is 14.5. The molecule has 1 unspecified atom stereocenters. The van der Waals surface area contributed by atoms with Crippen LogP contribution in [0.4, 0.5) is 4.79 Å². The van der Waals surface area contributed by atoms with Crippen LogP contribution in [-0.2, 0) is 18.8 Å². The summed E-state index contributed by atoms with van der Waals surface area (Å²) in [6, 6.07) is -1.53. The average Bonchev–Trinajstić information content (AvgIpc) is 2.36. The van der Waals surface area contributed by atoms with Crippen LogP contribution in [-0.4, -0.2) is 46.3 Å². The molecule has 0 spiro atoms. The van der Waals surface area contributed by atoms with Crippen molar-refractivity contribution in [3.8, 4) is 0 Å². The summed E-state index contributed by atoms with van der Waals surface area (Å²) in [6.45, 7) is 9.62. The van der Waals surface area contributed by atoms with Crippen molar-refractivity contribution in [1.82, 2.24) is 5.32 Å². The van der Waals surface area contributed by atoms with E-state index in [0.717, 1.165) is 0 Å². The summed E-state index contributed by atoms with van der Waals surface area (Å²) in [7, 11) is -4.80. The van der Waals surface area contributed by atoms with E-state index in [9.17, 15) is 23.9 Å². The van der Waals surface area contributed by atoms with Gasteiger partial charge in [-0.25, -0.2) is 9.59 Å². The van der Waals surface area contributed by atoms with Crippen molar-refractivity contribution < 1.29 is 33.4 Å². The van der Waals surface area contributed by atoms with E-state index in [2.05, 4.69) is 5.32 Å². The summed E-state index contributed by atoms with van der Waals surface area (Å²) in [6.07, 6.45) is -0.926. The molecule has 0 bridgehead atoms. The third kappa shape index (κ3) is 4.68. The Hall–Kier alpha value is -1.11. The zero-order valence-corrected chi connectivity index (χ0v) is 15.4. The van der Waals surface area contributed by atoms with E-state index in [4.69, 9.17) is 9.47 Å². The second-order valence-electron chi connectivity index (χ2n) is 5.79. The van der Waals surface area contributed by atoms with Gasteiger partial charge in [-0.2, -0.15) is 0 Å². The molecule has 0 aliphatic rings. The van der Waals surface area contributed by atoms with Crippen molar-refractivity contribution in [2.24, 2.45) is 11.8 Å².